The molecule has 7 heteroatoms. The summed E-state index contributed by atoms with van der Waals surface area (Å²) in [6.45, 7) is 0.652. The van der Waals surface area contributed by atoms with Crippen LogP contribution in [0.15, 0.2) is 34.3 Å². The number of amidine groups is 1. The number of benzene rings is 1. The van der Waals surface area contributed by atoms with Gasteiger partial charge in [0.2, 0.25) is 0 Å². The van der Waals surface area contributed by atoms with E-state index in [2.05, 4.69) is 10.5 Å². The molecule has 4 N–H and O–H groups in total. The van der Waals surface area contributed by atoms with Crippen LogP contribution < -0.4 is 11.1 Å². The molecule has 0 amide bonds. The highest BCUT2D eigenvalue weighted by Crippen LogP contribution is 2.31. The molecule has 4 nitrogen and oxygen atoms in total. The van der Waals surface area contributed by atoms with Crippen molar-refractivity contribution in [3.8, 4) is 0 Å². The first-order chi connectivity index (χ1) is 9.13. The molecule has 106 valence electrons. The SMILES string of the molecule is NC(CCCCNc1ccccc1SC(F)F)=NO. The maximum atomic E-state index is 12.4. The van der Waals surface area contributed by atoms with Crippen molar-refractivity contribution in [2.75, 3.05) is 11.9 Å². The van der Waals surface area contributed by atoms with E-state index in [9.17, 15) is 8.78 Å². The smallest absolute Gasteiger partial charge is 0.288 e. The summed E-state index contributed by atoms with van der Waals surface area (Å²) in [5.74, 6) is -2.22. The molecule has 0 saturated heterocycles. The van der Waals surface area contributed by atoms with Crippen LogP contribution >= 0.6 is 11.8 Å². The summed E-state index contributed by atoms with van der Waals surface area (Å²) in [5.41, 5.74) is 6.04. The molecule has 0 unspecified atom stereocenters. The van der Waals surface area contributed by atoms with Crippen LogP contribution in [0.25, 0.3) is 0 Å². The van der Waals surface area contributed by atoms with Gasteiger partial charge in [0.1, 0.15) is 5.84 Å². The number of hydrogen-bond donors (Lipinski definition) is 3. The van der Waals surface area contributed by atoms with Gasteiger partial charge in [0.15, 0.2) is 0 Å². The Kier molecular flexibility index (Phi) is 7.02. The topological polar surface area (TPSA) is 70.6 Å². The molecule has 0 aliphatic carbocycles. The molecular weight excluding hydrogens is 272 g/mol. The van der Waals surface area contributed by atoms with E-state index < -0.39 is 5.76 Å². The highest BCUT2D eigenvalue weighted by molar-refractivity contribution is 7.99. The van der Waals surface area contributed by atoms with Gasteiger partial charge in [-0.2, -0.15) is 8.78 Å². The number of para-hydroxylation sites is 1. The number of oxime groups is 1. The first-order valence-electron chi connectivity index (χ1n) is 5.87. The summed E-state index contributed by atoms with van der Waals surface area (Å²) < 4.78 is 24.7. The second kappa shape index (κ2) is 8.58. The number of rotatable bonds is 8. The van der Waals surface area contributed by atoms with E-state index in [1.165, 1.54) is 0 Å². The second-order valence-electron chi connectivity index (χ2n) is 3.85. The Morgan fingerprint density at radius 2 is 2.11 bits per heavy atom. The minimum atomic E-state index is -2.43. The Labute approximate surface area is 115 Å². The predicted octanol–water partition coefficient (Wildman–Crippen LogP) is 3.33. The number of nitrogens with one attached hydrogen (secondary N) is 1. The molecule has 0 atom stereocenters. The average Bonchev–Trinajstić information content (AvgIpc) is 2.39. The van der Waals surface area contributed by atoms with Crippen molar-refractivity contribution in [3.05, 3.63) is 24.3 Å². The lowest BCUT2D eigenvalue weighted by Crippen LogP contribution is -2.12. The standard InChI is InChI=1S/C12H17F2N3OS/c13-12(14)19-10-6-2-1-5-9(10)16-8-4-3-7-11(15)17-18/h1-2,5-6,12,16,18H,3-4,7-8H2,(H2,15,17). The Morgan fingerprint density at radius 1 is 1.37 bits per heavy atom. The molecule has 0 bridgehead atoms. The quantitative estimate of drug-likeness (QED) is 0.171. The van der Waals surface area contributed by atoms with Crippen LogP contribution in [0.2, 0.25) is 0 Å². The van der Waals surface area contributed by atoms with Crippen LogP contribution in [0.3, 0.4) is 0 Å². The van der Waals surface area contributed by atoms with Crippen molar-refractivity contribution in [1.82, 2.24) is 0 Å². The fourth-order valence-corrected chi connectivity index (χ4v) is 2.13. The summed E-state index contributed by atoms with van der Waals surface area (Å²) >= 11 is 0.529. The van der Waals surface area contributed by atoms with Gasteiger partial charge < -0.3 is 16.3 Å². The van der Waals surface area contributed by atoms with E-state index in [1.807, 2.05) is 0 Å². The zero-order valence-corrected chi connectivity index (χ0v) is 11.2. The summed E-state index contributed by atoms with van der Waals surface area (Å²) in [7, 11) is 0. The van der Waals surface area contributed by atoms with Crippen LogP contribution in [0.4, 0.5) is 14.5 Å². The van der Waals surface area contributed by atoms with Crippen LogP contribution in [-0.2, 0) is 0 Å². The molecule has 1 rings (SSSR count). The van der Waals surface area contributed by atoms with E-state index in [0.29, 0.717) is 35.3 Å². The summed E-state index contributed by atoms with van der Waals surface area (Å²) in [5, 5.41) is 14.4. The summed E-state index contributed by atoms with van der Waals surface area (Å²) in [6, 6.07) is 6.96. The number of halogens is 2. The van der Waals surface area contributed by atoms with Gasteiger partial charge >= 0.3 is 0 Å². The Balaban J connectivity index is 2.36. The molecule has 19 heavy (non-hydrogen) atoms. The number of anilines is 1. The predicted molar refractivity (Wildman–Crippen MR) is 74.1 cm³/mol. The number of nitrogens with two attached hydrogens (primary N) is 1. The van der Waals surface area contributed by atoms with E-state index in [1.54, 1.807) is 24.3 Å². The zero-order valence-electron chi connectivity index (χ0n) is 10.4. The third kappa shape index (κ3) is 6.28. The normalized spacial score (nSPS) is 11.8. The summed E-state index contributed by atoms with van der Waals surface area (Å²) in [4.78, 5) is 0.536. The third-order valence-electron chi connectivity index (χ3n) is 2.41. The average molecular weight is 289 g/mol. The van der Waals surface area contributed by atoms with Gasteiger partial charge in [-0.1, -0.05) is 29.1 Å². The highest BCUT2D eigenvalue weighted by atomic mass is 32.2. The van der Waals surface area contributed by atoms with Gasteiger partial charge in [-0.05, 0) is 25.0 Å². The monoisotopic (exact) mass is 289 g/mol. The van der Waals surface area contributed by atoms with Gasteiger partial charge in [-0.25, -0.2) is 0 Å². The lowest BCUT2D eigenvalue weighted by molar-refractivity contribution is 0.252. The maximum absolute atomic E-state index is 12.4. The van der Waals surface area contributed by atoms with Crippen molar-refractivity contribution in [2.24, 2.45) is 10.9 Å². The van der Waals surface area contributed by atoms with E-state index in [-0.39, 0.29) is 5.84 Å². The van der Waals surface area contributed by atoms with Gasteiger partial charge in [0.25, 0.3) is 5.76 Å². The largest absolute Gasteiger partial charge is 0.409 e. The van der Waals surface area contributed by atoms with Crippen molar-refractivity contribution >= 4 is 23.3 Å². The molecule has 0 aliphatic heterocycles. The van der Waals surface area contributed by atoms with Gasteiger partial charge in [-0.15, -0.1) is 0 Å². The van der Waals surface area contributed by atoms with Gasteiger partial charge in [0.05, 0.1) is 0 Å². The molecule has 0 aliphatic rings. The minimum Gasteiger partial charge on any atom is -0.409 e. The third-order valence-corrected chi connectivity index (χ3v) is 3.19. The zero-order chi connectivity index (χ0) is 14.1. The van der Waals surface area contributed by atoms with Gasteiger partial charge in [-0.3, -0.25) is 0 Å². The van der Waals surface area contributed by atoms with Crippen molar-refractivity contribution in [3.63, 3.8) is 0 Å². The van der Waals surface area contributed by atoms with Crippen molar-refractivity contribution < 1.29 is 14.0 Å². The van der Waals surface area contributed by atoms with Crippen LogP contribution in [0.1, 0.15) is 19.3 Å². The number of hydrogen-bond acceptors (Lipinski definition) is 4. The fraction of sp³-hybridized carbons (Fsp3) is 0.417. The first-order valence-corrected chi connectivity index (χ1v) is 6.75. The van der Waals surface area contributed by atoms with Crippen molar-refractivity contribution in [1.29, 1.82) is 0 Å². The van der Waals surface area contributed by atoms with E-state index in [4.69, 9.17) is 10.9 Å². The number of nitrogens with zero attached hydrogens (tertiary/aromatic N) is 1. The molecule has 0 fully saturated rings. The van der Waals surface area contributed by atoms with Gasteiger partial charge in [0, 0.05) is 23.5 Å². The van der Waals surface area contributed by atoms with E-state index in [0.717, 1.165) is 12.8 Å². The molecule has 1 aromatic carbocycles. The van der Waals surface area contributed by atoms with E-state index >= 15 is 0 Å². The fourth-order valence-electron chi connectivity index (χ4n) is 1.52. The molecular formula is C12H17F2N3OS. The number of thioether (sulfide) groups is 1. The molecule has 0 heterocycles. The second-order valence-corrected chi connectivity index (χ2v) is 4.88. The minimum absolute atomic E-state index is 0.202. The van der Waals surface area contributed by atoms with Crippen LogP contribution in [-0.4, -0.2) is 23.3 Å². The highest BCUT2D eigenvalue weighted by Gasteiger charge is 2.08. The lowest BCUT2D eigenvalue weighted by atomic mass is 10.2. The Bertz CT molecular complexity index is 416. The molecule has 1 aromatic rings. The molecule has 0 radical (unpaired) electrons. The Morgan fingerprint density at radius 3 is 2.79 bits per heavy atom. The number of unbranched alkanes of at least 4 members (excludes halogenated alkanes) is 1. The van der Waals surface area contributed by atoms with Crippen molar-refractivity contribution in [2.45, 2.75) is 29.9 Å². The number of alkyl halides is 2. The molecule has 0 spiro atoms. The summed E-state index contributed by atoms with van der Waals surface area (Å²) in [6.07, 6.45) is 2.10. The molecule has 0 aromatic heterocycles. The van der Waals surface area contributed by atoms with Crippen LogP contribution in [0, 0.1) is 0 Å². The maximum Gasteiger partial charge on any atom is 0.288 e. The Hall–Kier alpha value is -1.50. The molecule has 0 saturated carbocycles. The first kappa shape index (κ1) is 15.6. The lowest BCUT2D eigenvalue weighted by Gasteiger charge is -2.11. The van der Waals surface area contributed by atoms with Crippen LogP contribution in [0.5, 0.6) is 0 Å².